The number of nitrogens with zero attached hydrogens (tertiary/aromatic N) is 2. The maximum atomic E-state index is 6.13. The second kappa shape index (κ2) is 20.5. The molecule has 1 saturated heterocycles. The molecule has 3 aliphatic heterocycles. The molecule has 0 N–H and O–H groups in total. The number of thiophene rings is 2. The molecule has 0 radical (unpaired) electrons. The van der Waals surface area contributed by atoms with Crippen molar-refractivity contribution in [3.05, 3.63) is 191 Å². The standard InChI is InChI=1S/C53H51N2OPS4.Os/c1-8-19-43-26-27-46(60-43)50-48-49(53(54-50)59-34-36(5)6)51(55-52(48)58-33-35(3)4)47-29-28-45(61-47)44(30-39-32-56-31-38(39)9-2)37(7)57(40-20-13-10-14-21-40,41-22-15-11-16-23-41)42-24-17-12-18-25-42;/h8-30,35-36H,31-34H2,1-6H3;/q+1;/b19-8+,38-9?,39-30?,44-37?;. The summed E-state index contributed by atoms with van der Waals surface area (Å²) in [6, 6.07) is 42.5. The van der Waals surface area contributed by atoms with Gasteiger partial charge in [0.05, 0.1) is 0 Å². The first-order valence-corrected chi connectivity index (χ1v) is 27.8. The van der Waals surface area contributed by atoms with E-state index in [1.807, 2.05) is 52.8 Å². The van der Waals surface area contributed by atoms with Gasteiger partial charge in [0.1, 0.15) is 0 Å². The van der Waals surface area contributed by atoms with Crippen molar-refractivity contribution in [3.8, 4) is 4.37 Å². The topological polar surface area (TPSA) is 34.0 Å². The van der Waals surface area contributed by atoms with Crippen LogP contribution in [0.1, 0.15) is 61.1 Å². The van der Waals surface area contributed by atoms with Gasteiger partial charge in [-0.15, -0.1) is 0 Å². The van der Waals surface area contributed by atoms with Gasteiger partial charge in [-0.1, -0.05) is 33.8 Å². The van der Waals surface area contributed by atoms with Crippen LogP contribution in [0.3, 0.4) is 0 Å². The third-order valence-corrected chi connectivity index (χ3v) is 21.0. The summed E-state index contributed by atoms with van der Waals surface area (Å²) in [7, 11) is -2.51. The minimum absolute atomic E-state index is 0.526. The molecule has 0 spiro atoms. The molecule has 2 aromatic heterocycles. The van der Waals surface area contributed by atoms with Crippen molar-refractivity contribution in [1.82, 2.24) is 0 Å². The second-order valence-corrected chi connectivity index (χ2v) is 24.3. The fourth-order valence-corrected chi connectivity index (χ4v) is 17.7. The van der Waals surface area contributed by atoms with Crippen molar-refractivity contribution >= 4 is 92.4 Å². The van der Waals surface area contributed by atoms with Gasteiger partial charge in [-0.3, -0.25) is 0 Å². The summed E-state index contributed by atoms with van der Waals surface area (Å²) >= 11 is 9.22. The first kappa shape index (κ1) is 44.9. The number of hydrogen-bond acceptors (Lipinski definition) is 7. The zero-order chi connectivity index (χ0) is 43.2. The van der Waals surface area contributed by atoms with Gasteiger partial charge in [-0.05, 0) is 19.1 Å². The first-order chi connectivity index (χ1) is 30.3. The Balaban J connectivity index is 1.36. The molecule has 0 atom stereocenters. The molecule has 315 valence electrons. The number of allylic oxidation sites excluding steroid dienone is 7. The van der Waals surface area contributed by atoms with Crippen molar-refractivity contribution in [3.63, 3.8) is 0 Å². The van der Waals surface area contributed by atoms with Gasteiger partial charge in [0.25, 0.3) is 0 Å². The number of fused-ring (bicyclic) bond motifs is 1. The molecular formula is C53H51N2OOsPS4+. The Morgan fingerprint density at radius 3 is 1.68 bits per heavy atom. The van der Waals surface area contributed by atoms with Crippen LogP contribution in [0, 0.1) is 16.2 Å². The van der Waals surface area contributed by atoms with Gasteiger partial charge in [0, 0.05) is 4.88 Å². The van der Waals surface area contributed by atoms with Crippen molar-refractivity contribution in [1.29, 1.82) is 0 Å². The van der Waals surface area contributed by atoms with Crippen molar-refractivity contribution in [2.75, 3.05) is 24.7 Å². The molecule has 9 heteroatoms. The molecule has 3 nitrogen and oxygen atoms in total. The maximum absolute atomic E-state index is 6.13. The monoisotopic (exact) mass is 1080 g/mol. The average Bonchev–Trinajstić information content (AvgIpc) is 4.15. The van der Waals surface area contributed by atoms with Crippen LogP contribution in [0.25, 0.3) is 11.6 Å². The predicted molar refractivity (Wildman–Crippen MR) is 274 cm³/mol. The number of aliphatic imine (C=N–C) groups is 2. The molecule has 3 aromatic carbocycles. The van der Waals surface area contributed by atoms with Crippen LogP contribution in [0.15, 0.2) is 181 Å². The van der Waals surface area contributed by atoms with Gasteiger partial charge in [-0.2, -0.15) is 0 Å². The Bertz CT molecular complexity index is 2640. The van der Waals surface area contributed by atoms with E-state index in [-0.39, 0.29) is 0 Å². The molecule has 0 aliphatic carbocycles. The molecule has 8 rings (SSSR count). The Kier molecular flexibility index (Phi) is 14.8. The van der Waals surface area contributed by atoms with Crippen LogP contribution in [-0.4, -0.2) is 36.1 Å². The SMILES string of the molecule is CC=C1COCC1=CC(=C([C]#[Os])[P+](c1ccccc1)(c1ccccc1)c1ccccc1)c1ccc(C2=NC(SCC(C)C)=C3C(c4ccc(/C=C/C)s4)=NC(SCC(C)C)=C23)s1. The van der Waals surface area contributed by atoms with Crippen LogP contribution in [0.5, 0.6) is 0 Å². The minimum atomic E-state index is -2.51. The molecule has 0 bridgehead atoms. The molecule has 0 saturated carbocycles. The quantitative estimate of drug-likeness (QED) is 0.0980. The van der Waals surface area contributed by atoms with Crippen LogP contribution < -0.4 is 15.9 Å². The second-order valence-electron chi connectivity index (χ2n) is 16.1. The molecular weight excluding hydrogens is 1030 g/mol. The third-order valence-electron chi connectivity index (χ3n) is 10.7. The van der Waals surface area contributed by atoms with E-state index in [4.69, 9.17) is 14.7 Å². The predicted octanol–water partition coefficient (Wildman–Crippen LogP) is 13.5. The van der Waals surface area contributed by atoms with Crippen LogP contribution in [-0.2, 0) is 22.7 Å². The average molecular weight is 1080 g/mol. The molecule has 62 heavy (non-hydrogen) atoms. The van der Waals surface area contributed by atoms with E-state index in [1.54, 1.807) is 11.3 Å². The van der Waals surface area contributed by atoms with Crippen LogP contribution >= 0.6 is 53.5 Å². The summed E-state index contributed by atoms with van der Waals surface area (Å²) in [6.45, 7) is 14.5. The summed E-state index contributed by atoms with van der Waals surface area (Å²) in [5.41, 5.74) is 8.10. The summed E-state index contributed by atoms with van der Waals surface area (Å²) in [5.74, 6) is 3.03. The number of ether oxygens (including phenoxy) is 1. The Morgan fingerprint density at radius 1 is 0.694 bits per heavy atom. The van der Waals surface area contributed by atoms with Crippen molar-refractivity contribution in [2.45, 2.75) is 41.5 Å². The van der Waals surface area contributed by atoms with E-state index < -0.39 is 7.26 Å². The van der Waals surface area contributed by atoms with E-state index in [2.05, 4.69) is 185 Å². The zero-order valence-electron chi connectivity index (χ0n) is 36.0. The first-order valence-electron chi connectivity index (χ1n) is 21.1. The summed E-state index contributed by atoms with van der Waals surface area (Å²) in [5, 5.41) is 7.28. The Labute approximate surface area is 395 Å². The molecule has 0 amide bonds. The summed E-state index contributed by atoms with van der Waals surface area (Å²) in [6.07, 6.45) is 8.91. The van der Waals surface area contributed by atoms with Crippen LogP contribution in [0.2, 0.25) is 0 Å². The number of thioether (sulfide) groups is 2. The fourth-order valence-electron chi connectivity index (χ4n) is 7.85. The molecule has 5 aromatic rings. The summed E-state index contributed by atoms with van der Waals surface area (Å²) in [4.78, 5) is 15.9. The molecule has 5 heterocycles. The molecule has 1 fully saturated rings. The Morgan fingerprint density at radius 2 is 1.19 bits per heavy atom. The van der Waals surface area contributed by atoms with E-state index in [0.717, 1.165) is 37.9 Å². The third kappa shape index (κ3) is 9.15. The van der Waals surface area contributed by atoms with Crippen molar-refractivity contribution in [2.24, 2.45) is 21.8 Å². The van der Waals surface area contributed by atoms with E-state index in [9.17, 15) is 0 Å². The van der Waals surface area contributed by atoms with Gasteiger partial charge >= 0.3 is 341 Å². The normalized spacial score (nSPS) is 17.2. The van der Waals surface area contributed by atoms with Crippen molar-refractivity contribution < 1.29 is 22.7 Å². The molecule has 0 unspecified atom stereocenters. The van der Waals surface area contributed by atoms with E-state index in [1.165, 1.54) is 63.7 Å². The van der Waals surface area contributed by atoms with Gasteiger partial charge < -0.3 is 0 Å². The summed E-state index contributed by atoms with van der Waals surface area (Å²) < 4.78 is 10.1. The number of rotatable bonds is 15. The number of benzene rings is 3. The van der Waals surface area contributed by atoms with E-state index >= 15 is 0 Å². The van der Waals surface area contributed by atoms with Crippen LogP contribution in [0.4, 0.5) is 0 Å². The number of hydrogen-bond donors (Lipinski definition) is 0. The van der Waals surface area contributed by atoms with Gasteiger partial charge in [0.15, 0.2) is 0 Å². The zero-order valence-corrected chi connectivity index (χ0v) is 42.7. The van der Waals surface area contributed by atoms with E-state index in [0.29, 0.717) is 25.0 Å². The Hall–Kier alpha value is -3.65. The fraction of sp³-hybridized carbons (Fsp3) is 0.226. The van der Waals surface area contributed by atoms with Gasteiger partial charge in [-0.25, -0.2) is 0 Å². The molecule has 3 aliphatic rings. The van der Waals surface area contributed by atoms with Gasteiger partial charge in [0.2, 0.25) is 0 Å².